The second-order valence-corrected chi connectivity index (χ2v) is 9.42. The van der Waals surface area contributed by atoms with Crippen LogP contribution >= 0.6 is 0 Å². The Hall–Kier alpha value is -1.93. The number of hydrogen-bond donors (Lipinski definition) is 1. The zero-order chi connectivity index (χ0) is 20.3. The summed E-state index contributed by atoms with van der Waals surface area (Å²) < 4.78 is 26.8. The van der Waals surface area contributed by atoms with Crippen LogP contribution in [0.4, 0.5) is 5.69 Å². The third kappa shape index (κ3) is 4.55. The van der Waals surface area contributed by atoms with Gasteiger partial charge >= 0.3 is 0 Å². The number of sulfonamides is 1. The van der Waals surface area contributed by atoms with Crippen molar-refractivity contribution in [2.45, 2.75) is 50.8 Å². The van der Waals surface area contributed by atoms with E-state index < -0.39 is 10.0 Å². The minimum absolute atomic E-state index is 0.0479. The molecular formula is C20H29N3O4S. The number of likely N-dealkylation sites (tertiary alicyclic amines) is 1. The van der Waals surface area contributed by atoms with Crippen LogP contribution in [0.3, 0.4) is 0 Å². The fourth-order valence-corrected chi connectivity index (χ4v) is 4.93. The largest absolute Gasteiger partial charge is 0.343 e. The summed E-state index contributed by atoms with van der Waals surface area (Å²) in [5.41, 5.74) is 1.60. The van der Waals surface area contributed by atoms with Crippen LogP contribution in [-0.2, 0) is 26.0 Å². The van der Waals surface area contributed by atoms with Gasteiger partial charge in [0.15, 0.2) is 0 Å². The fraction of sp³-hybridized carbons (Fsp3) is 0.600. The van der Waals surface area contributed by atoms with Crippen LogP contribution in [0.15, 0.2) is 23.1 Å². The van der Waals surface area contributed by atoms with E-state index in [1.165, 1.54) is 6.07 Å². The Morgan fingerprint density at radius 2 is 1.79 bits per heavy atom. The SMILES string of the molecule is CCNS(=O)(=O)c1ccc2c(c1)CCN2C(=O)CCC(=O)N1CCC(C)CC1. The smallest absolute Gasteiger partial charge is 0.240 e. The number of anilines is 1. The average molecular weight is 408 g/mol. The van der Waals surface area contributed by atoms with Crippen LogP contribution in [0.5, 0.6) is 0 Å². The van der Waals surface area contributed by atoms with Crippen LogP contribution in [-0.4, -0.2) is 51.3 Å². The third-order valence-corrected chi connectivity index (χ3v) is 7.12. The summed E-state index contributed by atoms with van der Waals surface area (Å²) in [6.07, 6.45) is 3.08. The zero-order valence-electron chi connectivity index (χ0n) is 16.6. The van der Waals surface area contributed by atoms with Crippen molar-refractivity contribution in [2.24, 2.45) is 5.92 Å². The van der Waals surface area contributed by atoms with Gasteiger partial charge in [0.25, 0.3) is 0 Å². The van der Waals surface area contributed by atoms with E-state index in [0.717, 1.165) is 37.2 Å². The molecule has 28 heavy (non-hydrogen) atoms. The van der Waals surface area contributed by atoms with Gasteiger partial charge in [-0.05, 0) is 48.9 Å². The zero-order valence-corrected chi connectivity index (χ0v) is 17.4. The van der Waals surface area contributed by atoms with Crippen LogP contribution < -0.4 is 9.62 Å². The number of benzene rings is 1. The van der Waals surface area contributed by atoms with E-state index >= 15 is 0 Å². The first-order valence-electron chi connectivity index (χ1n) is 10.0. The molecule has 2 aliphatic heterocycles. The quantitative estimate of drug-likeness (QED) is 0.780. The first-order chi connectivity index (χ1) is 13.3. The molecule has 0 radical (unpaired) electrons. The van der Waals surface area contributed by atoms with E-state index in [0.29, 0.717) is 25.4 Å². The molecule has 1 N–H and O–H groups in total. The van der Waals surface area contributed by atoms with E-state index in [2.05, 4.69) is 11.6 Å². The molecule has 0 atom stereocenters. The minimum atomic E-state index is -3.51. The molecule has 0 aromatic heterocycles. The number of amides is 2. The number of rotatable bonds is 6. The number of piperidine rings is 1. The lowest BCUT2D eigenvalue weighted by atomic mass is 9.99. The molecule has 7 nitrogen and oxygen atoms in total. The van der Waals surface area contributed by atoms with Gasteiger partial charge in [-0.2, -0.15) is 0 Å². The summed E-state index contributed by atoms with van der Waals surface area (Å²) >= 11 is 0. The predicted molar refractivity (Wildman–Crippen MR) is 108 cm³/mol. The molecule has 0 spiro atoms. The Morgan fingerprint density at radius 1 is 1.11 bits per heavy atom. The Morgan fingerprint density at radius 3 is 2.46 bits per heavy atom. The summed E-state index contributed by atoms with van der Waals surface area (Å²) in [5, 5.41) is 0. The van der Waals surface area contributed by atoms with E-state index in [1.54, 1.807) is 24.0 Å². The molecule has 2 heterocycles. The lowest BCUT2D eigenvalue weighted by Gasteiger charge is -2.30. The number of hydrogen-bond acceptors (Lipinski definition) is 4. The Labute approximate surface area is 167 Å². The molecule has 0 bridgehead atoms. The van der Waals surface area contributed by atoms with Crippen LogP contribution in [0.25, 0.3) is 0 Å². The number of nitrogens with zero attached hydrogens (tertiary/aromatic N) is 2. The molecule has 8 heteroatoms. The molecule has 3 rings (SSSR count). The van der Waals surface area contributed by atoms with Crippen LogP contribution in [0.1, 0.15) is 45.1 Å². The number of nitrogens with one attached hydrogen (secondary N) is 1. The van der Waals surface area contributed by atoms with Crippen molar-refractivity contribution in [3.63, 3.8) is 0 Å². The second-order valence-electron chi connectivity index (χ2n) is 7.65. The van der Waals surface area contributed by atoms with E-state index in [9.17, 15) is 18.0 Å². The van der Waals surface area contributed by atoms with E-state index in [-0.39, 0.29) is 29.6 Å². The highest BCUT2D eigenvalue weighted by Crippen LogP contribution is 2.31. The Bertz CT molecular complexity index is 845. The van der Waals surface area contributed by atoms with Gasteiger partial charge in [0.2, 0.25) is 21.8 Å². The highest BCUT2D eigenvalue weighted by molar-refractivity contribution is 7.89. The average Bonchev–Trinajstić information content (AvgIpc) is 3.09. The molecule has 1 aromatic carbocycles. The molecular weight excluding hydrogens is 378 g/mol. The van der Waals surface area contributed by atoms with Gasteiger partial charge in [0, 0.05) is 44.7 Å². The molecule has 1 saturated heterocycles. The number of fused-ring (bicyclic) bond motifs is 1. The molecule has 154 valence electrons. The van der Waals surface area contributed by atoms with Crippen molar-refractivity contribution < 1.29 is 18.0 Å². The molecule has 2 amide bonds. The van der Waals surface area contributed by atoms with Gasteiger partial charge in [-0.15, -0.1) is 0 Å². The highest BCUT2D eigenvalue weighted by atomic mass is 32.2. The van der Waals surface area contributed by atoms with Crippen molar-refractivity contribution in [3.05, 3.63) is 23.8 Å². The van der Waals surface area contributed by atoms with Gasteiger partial charge in [0.05, 0.1) is 4.90 Å². The maximum absolute atomic E-state index is 12.7. The Balaban J connectivity index is 1.60. The van der Waals surface area contributed by atoms with Crippen molar-refractivity contribution in [1.29, 1.82) is 0 Å². The summed E-state index contributed by atoms with van der Waals surface area (Å²) in [6.45, 7) is 6.35. The normalized spacial score (nSPS) is 17.6. The maximum Gasteiger partial charge on any atom is 0.240 e. The minimum Gasteiger partial charge on any atom is -0.343 e. The predicted octanol–water partition coefficient (Wildman–Crippen LogP) is 1.91. The fourth-order valence-electron chi connectivity index (χ4n) is 3.84. The maximum atomic E-state index is 12.7. The second kappa shape index (κ2) is 8.61. The van der Waals surface area contributed by atoms with E-state index in [1.807, 2.05) is 4.90 Å². The van der Waals surface area contributed by atoms with Crippen molar-refractivity contribution in [1.82, 2.24) is 9.62 Å². The first-order valence-corrected chi connectivity index (χ1v) is 11.5. The van der Waals surface area contributed by atoms with Crippen molar-refractivity contribution in [3.8, 4) is 0 Å². The first kappa shape index (κ1) is 20.8. The van der Waals surface area contributed by atoms with Crippen molar-refractivity contribution >= 4 is 27.5 Å². The van der Waals surface area contributed by atoms with Crippen LogP contribution in [0, 0.1) is 5.92 Å². The van der Waals surface area contributed by atoms with Crippen LogP contribution in [0.2, 0.25) is 0 Å². The highest BCUT2D eigenvalue weighted by Gasteiger charge is 2.27. The lowest BCUT2D eigenvalue weighted by Crippen LogP contribution is -2.38. The summed E-state index contributed by atoms with van der Waals surface area (Å²) in [6, 6.07) is 4.86. The van der Waals surface area contributed by atoms with Gasteiger partial charge < -0.3 is 9.80 Å². The number of carbonyl (C=O) groups excluding carboxylic acids is 2. The van der Waals surface area contributed by atoms with Gasteiger partial charge in [-0.3, -0.25) is 9.59 Å². The molecule has 1 fully saturated rings. The topological polar surface area (TPSA) is 86.8 Å². The van der Waals surface area contributed by atoms with E-state index in [4.69, 9.17) is 0 Å². The number of carbonyl (C=O) groups is 2. The monoisotopic (exact) mass is 407 g/mol. The molecule has 0 unspecified atom stereocenters. The Kier molecular flexibility index (Phi) is 6.40. The molecule has 0 saturated carbocycles. The molecule has 2 aliphatic rings. The lowest BCUT2D eigenvalue weighted by molar-refractivity contribution is -0.134. The third-order valence-electron chi connectivity index (χ3n) is 5.58. The van der Waals surface area contributed by atoms with Crippen molar-refractivity contribution in [2.75, 3.05) is 31.1 Å². The molecule has 0 aliphatic carbocycles. The van der Waals surface area contributed by atoms with Gasteiger partial charge in [-0.1, -0.05) is 13.8 Å². The summed E-state index contributed by atoms with van der Waals surface area (Å²) in [4.78, 5) is 28.8. The summed E-state index contributed by atoms with van der Waals surface area (Å²) in [5.74, 6) is 0.625. The molecule has 1 aromatic rings. The van der Waals surface area contributed by atoms with Gasteiger partial charge in [0.1, 0.15) is 0 Å². The standard InChI is InChI=1S/C20H29N3O4S/c1-3-21-28(26,27)17-4-5-18-16(14-17)10-13-23(18)20(25)7-6-19(24)22-11-8-15(2)9-12-22/h4-5,14-15,21H,3,6-13H2,1-2H3. The summed E-state index contributed by atoms with van der Waals surface area (Å²) in [7, 11) is -3.51. The van der Waals surface area contributed by atoms with Gasteiger partial charge in [-0.25, -0.2) is 13.1 Å².